The number of benzene rings is 2. The number of nitrogens with zero attached hydrogens (tertiary/aromatic N) is 5. The van der Waals surface area contributed by atoms with E-state index in [1.54, 1.807) is 10.7 Å². The molecule has 0 amide bonds. The highest BCUT2D eigenvalue weighted by Gasteiger charge is 2.11. The van der Waals surface area contributed by atoms with Gasteiger partial charge in [0.1, 0.15) is 11.7 Å². The van der Waals surface area contributed by atoms with Gasteiger partial charge in [0.05, 0.1) is 23.7 Å². The van der Waals surface area contributed by atoms with Crippen molar-refractivity contribution >= 4 is 28.2 Å². The van der Waals surface area contributed by atoms with Crippen molar-refractivity contribution in [3.05, 3.63) is 99.5 Å². The molecule has 0 saturated heterocycles. The molecule has 0 radical (unpaired) electrons. The first-order valence-electron chi connectivity index (χ1n) is 8.88. The smallest absolute Gasteiger partial charge is 0.285 e. The normalized spacial score (nSPS) is 11.6. The van der Waals surface area contributed by atoms with Crippen LogP contribution in [0.2, 0.25) is 0 Å². The molecular weight excluding hydrogens is 368 g/mol. The minimum atomic E-state index is -0.370. The summed E-state index contributed by atoms with van der Waals surface area (Å²) in [7, 11) is 0. The molecule has 3 aromatic heterocycles. The van der Waals surface area contributed by atoms with Crippen molar-refractivity contribution in [3.63, 3.8) is 0 Å². The third-order valence-corrected chi connectivity index (χ3v) is 4.58. The van der Waals surface area contributed by atoms with Gasteiger partial charge in [-0.05, 0) is 29.7 Å². The number of pyridine rings is 1. The summed E-state index contributed by atoms with van der Waals surface area (Å²) in [6, 6.07) is 18.6. The molecule has 29 heavy (non-hydrogen) atoms. The lowest BCUT2D eigenvalue weighted by atomic mass is 10.2. The zero-order chi connectivity index (χ0) is 19.8. The van der Waals surface area contributed by atoms with Crippen molar-refractivity contribution < 1.29 is 0 Å². The summed E-state index contributed by atoms with van der Waals surface area (Å²) in [6.07, 6.45) is 4.13. The second-order valence-corrected chi connectivity index (χ2v) is 6.41. The lowest BCUT2D eigenvalue weighted by molar-refractivity contribution is 0.809. The molecule has 0 spiro atoms. The molecule has 3 heterocycles. The van der Waals surface area contributed by atoms with Gasteiger partial charge in [0.15, 0.2) is 5.65 Å². The van der Waals surface area contributed by atoms with Gasteiger partial charge in [0, 0.05) is 5.52 Å². The summed E-state index contributed by atoms with van der Waals surface area (Å²) in [5.74, 6) is 0. The van der Waals surface area contributed by atoms with Gasteiger partial charge < -0.3 is 4.98 Å². The van der Waals surface area contributed by atoms with Gasteiger partial charge in [-0.2, -0.15) is 14.9 Å². The maximum absolute atomic E-state index is 12.8. The van der Waals surface area contributed by atoms with Crippen molar-refractivity contribution in [3.8, 4) is 5.69 Å². The van der Waals surface area contributed by atoms with E-state index in [0.717, 1.165) is 21.3 Å². The molecule has 0 unspecified atom stereocenters. The fourth-order valence-corrected chi connectivity index (χ4v) is 3.13. The molecule has 0 saturated carbocycles. The molecule has 8 heteroatoms. The second kappa shape index (κ2) is 6.68. The van der Waals surface area contributed by atoms with Crippen LogP contribution in [-0.4, -0.2) is 30.6 Å². The van der Waals surface area contributed by atoms with Gasteiger partial charge in [-0.1, -0.05) is 36.4 Å². The predicted molar refractivity (Wildman–Crippen MR) is 111 cm³/mol. The molecule has 0 atom stereocenters. The number of H-pyrrole nitrogens is 1. The number of para-hydroxylation sites is 2. The largest absolute Gasteiger partial charge is 0.321 e. The van der Waals surface area contributed by atoms with Crippen molar-refractivity contribution in [1.29, 1.82) is 0 Å². The third-order valence-electron chi connectivity index (χ3n) is 4.58. The average molecular weight is 382 g/mol. The Morgan fingerprint density at radius 2 is 1.79 bits per heavy atom. The summed E-state index contributed by atoms with van der Waals surface area (Å²) in [5.41, 5.74) is 1.67. The molecule has 0 bridgehead atoms. The summed E-state index contributed by atoms with van der Waals surface area (Å²) in [4.78, 5) is 32.1. The minimum absolute atomic E-state index is 0.286. The van der Waals surface area contributed by atoms with Crippen LogP contribution in [0.15, 0.2) is 87.9 Å². The van der Waals surface area contributed by atoms with Crippen LogP contribution in [0.3, 0.4) is 0 Å². The molecule has 1 N–H and O–H groups in total. The van der Waals surface area contributed by atoms with Crippen LogP contribution in [0.25, 0.3) is 27.6 Å². The Kier molecular flexibility index (Phi) is 3.87. The highest BCUT2D eigenvalue weighted by molar-refractivity contribution is 5.87. The molecule has 0 aliphatic rings. The molecule has 2 aromatic carbocycles. The molecular formula is C21H14N6O2. The average Bonchev–Trinajstić information content (AvgIpc) is 3.19. The van der Waals surface area contributed by atoms with Crippen LogP contribution in [0, 0.1) is 0 Å². The lowest BCUT2D eigenvalue weighted by Crippen LogP contribution is -2.18. The van der Waals surface area contributed by atoms with E-state index in [4.69, 9.17) is 0 Å². The van der Waals surface area contributed by atoms with Crippen LogP contribution < -0.4 is 11.1 Å². The Morgan fingerprint density at radius 1 is 1.00 bits per heavy atom. The number of fused-ring (bicyclic) bond motifs is 2. The van der Waals surface area contributed by atoms with Gasteiger partial charge in [-0.25, -0.2) is 9.67 Å². The number of rotatable bonds is 3. The number of nitrogens with one attached hydrogen (secondary N) is 1. The molecule has 140 valence electrons. The number of aromatic amines is 1. The van der Waals surface area contributed by atoms with Crippen LogP contribution in [0.4, 0.5) is 0 Å². The lowest BCUT2D eigenvalue weighted by Gasteiger charge is -2.03. The Labute approximate surface area is 163 Å². The van der Waals surface area contributed by atoms with E-state index in [-0.39, 0.29) is 11.1 Å². The highest BCUT2D eigenvalue weighted by atomic mass is 16.1. The minimum Gasteiger partial charge on any atom is -0.321 e. The molecule has 5 aromatic rings. The highest BCUT2D eigenvalue weighted by Crippen LogP contribution is 2.13. The van der Waals surface area contributed by atoms with Crippen molar-refractivity contribution in [1.82, 2.24) is 24.4 Å². The summed E-state index contributed by atoms with van der Waals surface area (Å²) >= 11 is 0. The molecule has 0 fully saturated rings. The van der Waals surface area contributed by atoms with Crippen LogP contribution in [0.1, 0.15) is 5.56 Å². The summed E-state index contributed by atoms with van der Waals surface area (Å²) in [6.45, 7) is 0. The maximum atomic E-state index is 12.8. The number of hydrogen-bond acceptors (Lipinski definition) is 5. The molecule has 0 aliphatic carbocycles. The first-order chi connectivity index (χ1) is 14.2. The van der Waals surface area contributed by atoms with Gasteiger partial charge in [-0.3, -0.25) is 9.59 Å². The SMILES string of the molecule is O=c1[nH]c2ccccc2cc1/C=N/n1cnc2c(cnn2-c2ccccc2)c1=O. The van der Waals surface area contributed by atoms with E-state index in [1.807, 2.05) is 54.6 Å². The fraction of sp³-hybridized carbons (Fsp3) is 0. The monoisotopic (exact) mass is 382 g/mol. The van der Waals surface area contributed by atoms with Crippen LogP contribution in [-0.2, 0) is 0 Å². The van der Waals surface area contributed by atoms with Gasteiger partial charge in [-0.15, -0.1) is 0 Å². The summed E-state index contributed by atoms with van der Waals surface area (Å²) in [5, 5.41) is 9.61. The zero-order valence-corrected chi connectivity index (χ0v) is 15.1. The van der Waals surface area contributed by atoms with E-state index in [9.17, 15) is 9.59 Å². The quantitative estimate of drug-likeness (QED) is 0.484. The van der Waals surface area contributed by atoms with Crippen LogP contribution in [0.5, 0.6) is 0 Å². The van der Waals surface area contributed by atoms with Crippen molar-refractivity contribution in [2.75, 3.05) is 0 Å². The molecule has 8 nitrogen and oxygen atoms in total. The first-order valence-corrected chi connectivity index (χ1v) is 8.88. The Hall–Kier alpha value is -4.33. The standard InChI is InChI=1S/C21H14N6O2/c28-20-15(10-14-6-4-5-9-18(14)25-20)11-23-26-13-22-19-17(21(26)29)12-24-27(19)16-7-2-1-3-8-16/h1-13H,(H,25,28)/b23-11+. The topological polar surface area (TPSA) is 97.9 Å². The zero-order valence-electron chi connectivity index (χ0n) is 15.1. The second-order valence-electron chi connectivity index (χ2n) is 6.41. The summed E-state index contributed by atoms with van der Waals surface area (Å²) < 4.78 is 2.69. The van der Waals surface area contributed by atoms with E-state index >= 15 is 0 Å². The molecule has 5 rings (SSSR count). The van der Waals surface area contributed by atoms with Crippen molar-refractivity contribution in [2.45, 2.75) is 0 Å². The van der Waals surface area contributed by atoms with Gasteiger partial charge in [0.25, 0.3) is 11.1 Å². The fourth-order valence-electron chi connectivity index (χ4n) is 3.13. The van der Waals surface area contributed by atoms with E-state index in [2.05, 4.69) is 20.2 Å². The van der Waals surface area contributed by atoms with E-state index in [1.165, 1.54) is 18.7 Å². The maximum Gasteiger partial charge on any atom is 0.285 e. The Balaban J connectivity index is 1.56. The third kappa shape index (κ3) is 2.92. The first kappa shape index (κ1) is 16.8. The van der Waals surface area contributed by atoms with Crippen molar-refractivity contribution in [2.24, 2.45) is 5.10 Å². The van der Waals surface area contributed by atoms with Crippen LogP contribution >= 0.6 is 0 Å². The number of aromatic nitrogens is 5. The van der Waals surface area contributed by atoms with Gasteiger partial charge in [0.2, 0.25) is 0 Å². The number of hydrogen-bond donors (Lipinski definition) is 1. The Morgan fingerprint density at radius 3 is 2.66 bits per heavy atom. The van der Waals surface area contributed by atoms with E-state index in [0.29, 0.717) is 16.6 Å². The van der Waals surface area contributed by atoms with E-state index < -0.39 is 0 Å². The van der Waals surface area contributed by atoms with Gasteiger partial charge >= 0.3 is 0 Å². The Bertz CT molecular complexity index is 1490. The molecule has 0 aliphatic heterocycles. The predicted octanol–water partition coefficient (Wildman–Crippen LogP) is 2.31.